The molecule has 1 amide bonds. The molecule has 0 heterocycles. The van der Waals surface area contributed by atoms with E-state index in [2.05, 4.69) is 5.32 Å². The van der Waals surface area contributed by atoms with E-state index in [1.165, 1.54) is 0 Å². The van der Waals surface area contributed by atoms with Gasteiger partial charge in [0.1, 0.15) is 0 Å². The Morgan fingerprint density at radius 1 is 1.50 bits per heavy atom. The molecule has 4 heteroatoms. The highest BCUT2D eigenvalue weighted by Crippen LogP contribution is 2.18. The molecule has 82 valence electrons. The van der Waals surface area contributed by atoms with Gasteiger partial charge in [-0.05, 0) is 32.6 Å². The SMILES string of the molecule is CC(CC(N)=O)NC1CCC(O)CC1. The van der Waals surface area contributed by atoms with E-state index in [0.29, 0.717) is 12.5 Å². The molecule has 1 unspecified atom stereocenters. The van der Waals surface area contributed by atoms with Crippen molar-refractivity contribution in [2.75, 3.05) is 0 Å². The summed E-state index contributed by atoms with van der Waals surface area (Å²) in [7, 11) is 0. The number of aliphatic hydroxyl groups excluding tert-OH is 1. The van der Waals surface area contributed by atoms with E-state index >= 15 is 0 Å². The Bertz CT molecular complexity index is 189. The molecule has 0 aromatic carbocycles. The van der Waals surface area contributed by atoms with Gasteiger partial charge in [-0.15, -0.1) is 0 Å². The lowest BCUT2D eigenvalue weighted by molar-refractivity contribution is -0.118. The lowest BCUT2D eigenvalue weighted by atomic mass is 9.92. The molecule has 0 radical (unpaired) electrons. The Morgan fingerprint density at radius 2 is 2.07 bits per heavy atom. The van der Waals surface area contributed by atoms with Crippen LogP contribution in [0.2, 0.25) is 0 Å². The van der Waals surface area contributed by atoms with Gasteiger partial charge in [-0.2, -0.15) is 0 Å². The van der Waals surface area contributed by atoms with Crippen molar-refractivity contribution in [2.45, 2.75) is 57.2 Å². The summed E-state index contributed by atoms with van der Waals surface area (Å²) in [5.74, 6) is -0.263. The summed E-state index contributed by atoms with van der Waals surface area (Å²) in [6.07, 6.45) is 3.97. The molecule has 0 aromatic rings. The van der Waals surface area contributed by atoms with Gasteiger partial charge in [0.05, 0.1) is 6.10 Å². The average molecular weight is 200 g/mol. The van der Waals surface area contributed by atoms with Crippen LogP contribution >= 0.6 is 0 Å². The van der Waals surface area contributed by atoms with E-state index < -0.39 is 0 Å². The van der Waals surface area contributed by atoms with Crippen molar-refractivity contribution in [2.24, 2.45) is 5.73 Å². The Hall–Kier alpha value is -0.610. The summed E-state index contributed by atoms with van der Waals surface area (Å²) in [5.41, 5.74) is 5.10. The lowest BCUT2D eigenvalue weighted by Crippen LogP contribution is -2.41. The van der Waals surface area contributed by atoms with E-state index in [9.17, 15) is 9.90 Å². The highest BCUT2D eigenvalue weighted by Gasteiger charge is 2.20. The minimum atomic E-state index is -0.263. The maximum absolute atomic E-state index is 10.6. The molecule has 0 bridgehead atoms. The first kappa shape index (κ1) is 11.5. The fourth-order valence-electron chi connectivity index (χ4n) is 2.01. The fourth-order valence-corrected chi connectivity index (χ4v) is 2.01. The normalized spacial score (nSPS) is 29.9. The third-order valence-corrected chi connectivity index (χ3v) is 2.72. The van der Waals surface area contributed by atoms with Crippen LogP contribution in [0.15, 0.2) is 0 Å². The number of primary amides is 1. The molecule has 14 heavy (non-hydrogen) atoms. The number of hydrogen-bond acceptors (Lipinski definition) is 3. The van der Waals surface area contributed by atoms with Gasteiger partial charge in [-0.3, -0.25) is 4.79 Å². The minimum Gasteiger partial charge on any atom is -0.393 e. The summed E-state index contributed by atoms with van der Waals surface area (Å²) in [6.45, 7) is 1.97. The summed E-state index contributed by atoms with van der Waals surface area (Å²) < 4.78 is 0. The zero-order valence-corrected chi connectivity index (χ0v) is 8.70. The van der Waals surface area contributed by atoms with Crippen molar-refractivity contribution in [3.05, 3.63) is 0 Å². The molecule has 0 aromatic heterocycles. The molecule has 1 aliphatic rings. The van der Waals surface area contributed by atoms with Crippen molar-refractivity contribution in [3.63, 3.8) is 0 Å². The van der Waals surface area contributed by atoms with Crippen LogP contribution in [0.1, 0.15) is 39.0 Å². The monoisotopic (exact) mass is 200 g/mol. The summed E-state index contributed by atoms with van der Waals surface area (Å²) in [6, 6.07) is 0.584. The van der Waals surface area contributed by atoms with Crippen molar-refractivity contribution in [3.8, 4) is 0 Å². The predicted molar refractivity (Wildman–Crippen MR) is 54.7 cm³/mol. The number of carbonyl (C=O) groups is 1. The number of nitrogens with one attached hydrogen (secondary N) is 1. The van der Waals surface area contributed by atoms with Gasteiger partial charge >= 0.3 is 0 Å². The van der Waals surface area contributed by atoms with Gasteiger partial charge in [-0.25, -0.2) is 0 Å². The van der Waals surface area contributed by atoms with Gasteiger partial charge in [0.2, 0.25) is 5.91 Å². The molecule has 4 nitrogen and oxygen atoms in total. The first-order chi connectivity index (χ1) is 6.58. The molecule has 1 aliphatic carbocycles. The second-order valence-electron chi connectivity index (χ2n) is 4.24. The summed E-state index contributed by atoms with van der Waals surface area (Å²) in [4.78, 5) is 10.6. The van der Waals surface area contributed by atoms with E-state index in [1.807, 2.05) is 6.92 Å². The van der Waals surface area contributed by atoms with E-state index in [0.717, 1.165) is 25.7 Å². The topological polar surface area (TPSA) is 75.4 Å². The van der Waals surface area contributed by atoms with Gasteiger partial charge in [0, 0.05) is 18.5 Å². The number of nitrogens with two attached hydrogens (primary N) is 1. The number of hydrogen-bond donors (Lipinski definition) is 3. The van der Waals surface area contributed by atoms with Crippen LogP contribution in [0.4, 0.5) is 0 Å². The van der Waals surface area contributed by atoms with Crippen LogP contribution in [0.5, 0.6) is 0 Å². The molecule has 1 atom stereocenters. The maximum Gasteiger partial charge on any atom is 0.218 e. The van der Waals surface area contributed by atoms with Crippen LogP contribution in [-0.4, -0.2) is 29.2 Å². The third-order valence-electron chi connectivity index (χ3n) is 2.72. The van der Waals surface area contributed by atoms with Crippen LogP contribution in [0.3, 0.4) is 0 Å². The molecule has 0 saturated heterocycles. The highest BCUT2D eigenvalue weighted by atomic mass is 16.3. The van der Waals surface area contributed by atoms with Crippen LogP contribution in [0, 0.1) is 0 Å². The number of amides is 1. The van der Waals surface area contributed by atoms with E-state index in [1.54, 1.807) is 0 Å². The number of carbonyl (C=O) groups excluding carboxylic acids is 1. The van der Waals surface area contributed by atoms with Crippen LogP contribution in [-0.2, 0) is 4.79 Å². The Kier molecular flexibility index (Phi) is 4.35. The molecular formula is C10H20N2O2. The standard InChI is InChI=1S/C10H20N2O2/c1-7(6-10(11)14)12-8-2-4-9(13)5-3-8/h7-9,12-13H,2-6H2,1H3,(H2,11,14). The van der Waals surface area contributed by atoms with Gasteiger partial charge < -0.3 is 16.2 Å². The summed E-state index contributed by atoms with van der Waals surface area (Å²) in [5, 5.41) is 12.7. The van der Waals surface area contributed by atoms with Crippen molar-refractivity contribution in [1.29, 1.82) is 0 Å². The fraction of sp³-hybridized carbons (Fsp3) is 0.900. The third kappa shape index (κ3) is 4.07. The second kappa shape index (κ2) is 5.32. The minimum absolute atomic E-state index is 0.125. The summed E-state index contributed by atoms with van der Waals surface area (Å²) >= 11 is 0. The zero-order valence-electron chi connectivity index (χ0n) is 8.70. The average Bonchev–Trinajstić information content (AvgIpc) is 2.07. The van der Waals surface area contributed by atoms with Gasteiger partial charge in [0.25, 0.3) is 0 Å². The zero-order chi connectivity index (χ0) is 10.6. The Balaban J connectivity index is 2.20. The molecule has 0 aliphatic heterocycles. The highest BCUT2D eigenvalue weighted by molar-refractivity contribution is 5.74. The molecule has 1 rings (SSSR count). The Labute approximate surface area is 84.9 Å². The molecule has 1 fully saturated rings. The van der Waals surface area contributed by atoms with Crippen LogP contribution in [0.25, 0.3) is 0 Å². The molecule has 1 saturated carbocycles. The first-order valence-corrected chi connectivity index (χ1v) is 5.30. The maximum atomic E-state index is 10.6. The van der Waals surface area contributed by atoms with E-state index in [4.69, 9.17) is 5.73 Å². The lowest BCUT2D eigenvalue weighted by Gasteiger charge is -2.28. The first-order valence-electron chi connectivity index (χ1n) is 5.30. The van der Waals surface area contributed by atoms with Crippen molar-refractivity contribution >= 4 is 5.91 Å². The molecular weight excluding hydrogens is 180 g/mol. The molecule has 0 spiro atoms. The number of aliphatic hydroxyl groups is 1. The van der Waals surface area contributed by atoms with Crippen molar-refractivity contribution < 1.29 is 9.90 Å². The second-order valence-corrected chi connectivity index (χ2v) is 4.24. The Morgan fingerprint density at radius 3 is 2.57 bits per heavy atom. The van der Waals surface area contributed by atoms with E-state index in [-0.39, 0.29) is 18.1 Å². The van der Waals surface area contributed by atoms with Crippen molar-refractivity contribution in [1.82, 2.24) is 5.32 Å². The number of rotatable bonds is 4. The molecule has 4 N–H and O–H groups in total. The quantitative estimate of drug-likeness (QED) is 0.604. The van der Waals surface area contributed by atoms with Gasteiger partial charge in [-0.1, -0.05) is 0 Å². The van der Waals surface area contributed by atoms with Crippen LogP contribution < -0.4 is 11.1 Å². The van der Waals surface area contributed by atoms with Gasteiger partial charge in [0.15, 0.2) is 0 Å². The largest absolute Gasteiger partial charge is 0.393 e. The predicted octanol–water partition coefficient (Wildman–Crippen LogP) is 0.143. The smallest absolute Gasteiger partial charge is 0.218 e.